The summed E-state index contributed by atoms with van der Waals surface area (Å²) in [6, 6.07) is 43.7. The molecule has 3 aliphatic rings. The van der Waals surface area contributed by atoms with Crippen LogP contribution in [0.2, 0.25) is 0 Å². The Balaban J connectivity index is 1.25. The number of pyridine rings is 1. The number of para-hydroxylation sites is 3. The highest BCUT2D eigenvalue weighted by molar-refractivity contribution is 6.11. The molecule has 2 unspecified atom stereocenters. The molecule has 0 bridgehead atoms. The molecule has 1 saturated carbocycles. The fourth-order valence-electron chi connectivity index (χ4n) is 8.89. The Bertz CT molecular complexity index is 2730. The molecule has 8 aromatic rings. The second-order valence-corrected chi connectivity index (χ2v) is 13.6. The van der Waals surface area contributed by atoms with Crippen LogP contribution in [-0.4, -0.2) is 18.5 Å². The van der Waals surface area contributed by atoms with Gasteiger partial charge in [-0.3, -0.25) is 4.40 Å². The molecule has 4 heterocycles. The van der Waals surface area contributed by atoms with Crippen LogP contribution >= 0.6 is 0 Å². The first-order valence-corrected chi connectivity index (χ1v) is 17.2. The quantitative estimate of drug-likeness (QED) is 0.191. The molecule has 2 atom stereocenters. The summed E-state index contributed by atoms with van der Waals surface area (Å²) in [6.07, 6.45) is 18.1. The summed E-state index contributed by atoms with van der Waals surface area (Å²) in [6.45, 7) is 0. The van der Waals surface area contributed by atoms with E-state index in [2.05, 4.69) is 178 Å². The highest BCUT2D eigenvalue weighted by Gasteiger charge is 2.60. The van der Waals surface area contributed by atoms with E-state index in [4.69, 9.17) is 4.98 Å². The fourth-order valence-corrected chi connectivity index (χ4v) is 8.89. The van der Waals surface area contributed by atoms with Gasteiger partial charge in [-0.2, -0.15) is 0 Å². The Hall–Kier alpha value is -6.13. The number of imidazole rings is 1. The van der Waals surface area contributed by atoms with Crippen LogP contribution in [-0.2, 0) is 12.0 Å². The number of aromatic nitrogens is 4. The van der Waals surface area contributed by atoms with Crippen LogP contribution in [0.15, 0.2) is 158 Å². The van der Waals surface area contributed by atoms with Crippen LogP contribution in [0.5, 0.6) is 0 Å². The topological polar surface area (TPSA) is 27.2 Å². The molecule has 0 radical (unpaired) electrons. The lowest BCUT2D eigenvalue weighted by Gasteiger charge is -2.28. The molecule has 0 saturated heterocycles. The number of allylic oxidation sites excluding steroid dienone is 7. The summed E-state index contributed by atoms with van der Waals surface area (Å²) < 4.78 is 7.54. The SMILES string of the molecule is C1=CCc2c(c3ccccc3n2C23C=C(c4c(-c5ccccc5)nc5ccccn45)C=C(n4c5ccccc5c5ccccc54)C2C3)C=C1. The molecule has 0 spiro atoms. The number of nitrogens with zero attached hydrogens (tertiary/aromatic N) is 4. The van der Waals surface area contributed by atoms with Gasteiger partial charge in [-0.25, -0.2) is 4.98 Å². The smallest absolute Gasteiger partial charge is 0.137 e. The molecule has 4 aromatic carbocycles. The normalized spacial score (nSPS) is 19.6. The highest BCUT2D eigenvalue weighted by Crippen LogP contribution is 2.63. The maximum absolute atomic E-state index is 5.26. The summed E-state index contributed by atoms with van der Waals surface area (Å²) in [7, 11) is 0. The van der Waals surface area contributed by atoms with E-state index in [1.165, 1.54) is 55.2 Å². The van der Waals surface area contributed by atoms with Crippen molar-refractivity contribution in [2.75, 3.05) is 0 Å². The number of hydrogen-bond acceptors (Lipinski definition) is 1. The van der Waals surface area contributed by atoms with Crippen molar-refractivity contribution in [2.45, 2.75) is 18.4 Å². The minimum absolute atomic E-state index is 0.238. The first kappa shape index (κ1) is 26.9. The third kappa shape index (κ3) is 3.71. The van der Waals surface area contributed by atoms with Crippen LogP contribution in [0.25, 0.3) is 67.0 Å². The van der Waals surface area contributed by atoms with Gasteiger partial charge in [0.15, 0.2) is 0 Å². The van der Waals surface area contributed by atoms with Gasteiger partial charge in [0.05, 0.1) is 28.0 Å². The molecule has 1 fully saturated rings. The zero-order valence-corrected chi connectivity index (χ0v) is 26.9. The van der Waals surface area contributed by atoms with Crippen molar-refractivity contribution in [1.82, 2.24) is 18.5 Å². The van der Waals surface area contributed by atoms with E-state index < -0.39 is 0 Å². The van der Waals surface area contributed by atoms with Gasteiger partial charge in [0.2, 0.25) is 0 Å². The number of fused-ring (bicyclic) bond motifs is 8. The van der Waals surface area contributed by atoms with E-state index in [9.17, 15) is 0 Å². The second kappa shape index (κ2) is 9.94. The molecule has 0 aliphatic heterocycles. The van der Waals surface area contributed by atoms with Crippen molar-refractivity contribution < 1.29 is 0 Å². The first-order valence-electron chi connectivity index (χ1n) is 17.2. The largest absolute Gasteiger partial charge is 0.333 e. The summed E-state index contributed by atoms with van der Waals surface area (Å²) in [4.78, 5) is 5.26. The van der Waals surface area contributed by atoms with Gasteiger partial charge >= 0.3 is 0 Å². The maximum Gasteiger partial charge on any atom is 0.137 e. The molecular formula is C45H32N4. The number of rotatable bonds is 4. The summed E-state index contributed by atoms with van der Waals surface area (Å²) in [5, 5.41) is 3.90. The third-order valence-corrected chi connectivity index (χ3v) is 11.0. The van der Waals surface area contributed by atoms with Gasteiger partial charge in [-0.1, -0.05) is 115 Å². The van der Waals surface area contributed by atoms with Gasteiger partial charge in [0, 0.05) is 68.3 Å². The maximum atomic E-state index is 5.26. The minimum atomic E-state index is -0.238. The molecule has 0 N–H and O–H groups in total. The lowest BCUT2D eigenvalue weighted by atomic mass is 9.94. The van der Waals surface area contributed by atoms with Crippen LogP contribution in [0.1, 0.15) is 23.4 Å². The van der Waals surface area contributed by atoms with Crippen molar-refractivity contribution in [3.05, 3.63) is 175 Å². The zero-order valence-electron chi connectivity index (χ0n) is 26.9. The average molecular weight is 629 g/mol. The molecule has 4 nitrogen and oxygen atoms in total. The van der Waals surface area contributed by atoms with Crippen molar-refractivity contribution in [3.63, 3.8) is 0 Å². The Morgan fingerprint density at radius 3 is 2.16 bits per heavy atom. The van der Waals surface area contributed by atoms with Gasteiger partial charge in [-0.05, 0) is 48.9 Å². The predicted molar refractivity (Wildman–Crippen MR) is 202 cm³/mol. The monoisotopic (exact) mass is 628 g/mol. The standard InChI is InChI=1S/C45H32N4/c1-3-15-30(16-4-1)43-44(47-26-14-13-25-42(47)46-43)31-27-41(48-37-21-10-7-18-32(37)33-19-8-11-22-38(33)48)36-29-45(36,28-31)49-39-23-6-2-5-17-34(39)35-20-9-12-24-40(35)49/h1-22,24-28,36H,23,29H2. The molecule has 11 rings (SSSR count). The van der Waals surface area contributed by atoms with E-state index in [0.717, 1.165) is 35.4 Å². The van der Waals surface area contributed by atoms with Crippen molar-refractivity contribution in [2.24, 2.45) is 5.92 Å². The van der Waals surface area contributed by atoms with Gasteiger partial charge in [-0.15, -0.1) is 0 Å². The van der Waals surface area contributed by atoms with Crippen LogP contribution < -0.4 is 0 Å². The predicted octanol–water partition coefficient (Wildman–Crippen LogP) is 10.5. The van der Waals surface area contributed by atoms with E-state index >= 15 is 0 Å². The van der Waals surface area contributed by atoms with E-state index in [0.29, 0.717) is 5.92 Å². The lowest BCUT2D eigenvalue weighted by molar-refractivity contribution is 0.565. The third-order valence-electron chi connectivity index (χ3n) is 11.0. The summed E-state index contributed by atoms with van der Waals surface area (Å²) in [5.74, 6) is 0.297. The van der Waals surface area contributed by atoms with Gasteiger partial charge in [0.25, 0.3) is 0 Å². The van der Waals surface area contributed by atoms with Crippen molar-refractivity contribution >= 4 is 55.7 Å². The molecule has 4 aromatic heterocycles. The fraction of sp³-hybridized carbons (Fsp3) is 0.0889. The number of hydrogen-bond donors (Lipinski definition) is 0. The minimum Gasteiger partial charge on any atom is -0.333 e. The van der Waals surface area contributed by atoms with E-state index in [-0.39, 0.29) is 5.54 Å². The zero-order chi connectivity index (χ0) is 32.1. The Kier molecular flexibility index (Phi) is 5.46. The Morgan fingerprint density at radius 1 is 0.673 bits per heavy atom. The summed E-state index contributed by atoms with van der Waals surface area (Å²) >= 11 is 0. The molecule has 4 heteroatoms. The van der Waals surface area contributed by atoms with Crippen LogP contribution in [0.3, 0.4) is 0 Å². The van der Waals surface area contributed by atoms with Crippen LogP contribution in [0, 0.1) is 5.92 Å². The Labute approximate surface area is 283 Å². The van der Waals surface area contributed by atoms with Gasteiger partial charge in [0.1, 0.15) is 5.65 Å². The van der Waals surface area contributed by atoms with E-state index in [1.54, 1.807) is 0 Å². The van der Waals surface area contributed by atoms with Crippen molar-refractivity contribution in [3.8, 4) is 11.3 Å². The molecule has 0 amide bonds. The molecule has 49 heavy (non-hydrogen) atoms. The van der Waals surface area contributed by atoms with Crippen LogP contribution in [0.4, 0.5) is 0 Å². The lowest BCUT2D eigenvalue weighted by Crippen LogP contribution is -2.24. The van der Waals surface area contributed by atoms with E-state index in [1.807, 2.05) is 0 Å². The van der Waals surface area contributed by atoms with Crippen molar-refractivity contribution in [1.29, 1.82) is 0 Å². The number of benzene rings is 4. The molecular weight excluding hydrogens is 597 g/mol. The first-order chi connectivity index (χ1) is 24.3. The average Bonchev–Trinajstić information content (AvgIpc) is 3.58. The highest BCUT2D eigenvalue weighted by atomic mass is 15.2. The summed E-state index contributed by atoms with van der Waals surface area (Å²) in [5.41, 5.74) is 13.0. The molecule has 3 aliphatic carbocycles. The second-order valence-electron chi connectivity index (χ2n) is 13.6. The Morgan fingerprint density at radius 2 is 1.37 bits per heavy atom. The molecule has 232 valence electrons. The van der Waals surface area contributed by atoms with Gasteiger partial charge < -0.3 is 9.13 Å².